The van der Waals surface area contributed by atoms with Crippen LogP contribution in [0.1, 0.15) is 22.6 Å². The van der Waals surface area contributed by atoms with Crippen molar-refractivity contribution in [2.75, 3.05) is 6.54 Å². The quantitative estimate of drug-likeness (QED) is 0.193. The standard InChI is InChI=1S/C10H15N5O2S/c11-10(12)14-3-1-2-7(15-6-16)8(17)9-13-4-5-18-9/h4-7H,1-3H2,(H,15,16)(H4,11,12,14). The number of amides is 1. The second-order valence-corrected chi connectivity index (χ2v) is 4.38. The number of carbonyl (C=O) groups excluding carboxylic acids is 2. The molecule has 1 unspecified atom stereocenters. The molecule has 0 saturated heterocycles. The summed E-state index contributed by atoms with van der Waals surface area (Å²) in [6, 6.07) is -0.581. The van der Waals surface area contributed by atoms with Crippen molar-refractivity contribution in [3.8, 4) is 0 Å². The SMILES string of the molecule is NC(N)=NCCCC(NC=O)C(=O)c1nccs1. The first-order chi connectivity index (χ1) is 8.65. The van der Waals surface area contributed by atoms with Crippen molar-refractivity contribution >= 4 is 29.5 Å². The van der Waals surface area contributed by atoms with Crippen LogP contribution in [0.25, 0.3) is 0 Å². The summed E-state index contributed by atoms with van der Waals surface area (Å²) in [6.07, 6.45) is 3.13. The number of aromatic nitrogens is 1. The van der Waals surface area contributed by atoms with Gasteiger partial charge in [0.15, 0.2) is 11.0 Å². The van der Waals surface area contributed by atoms with Crippen molar-refractivity contribution in [3.63, 3.8) is 0 Å². The van der Waals surface area contributed by atoms with Crippen LogP contribution in [0.3, 0.4) is 0 Å². The van der Waals surface area contributed by atoms with Gasteiger partial charge in [0, 0.05) is 18.1 Å². The third-order valence-corrected chi connectivity index (χ3v) is 2.96. The fraction of sp³-hybridized carbons (Fsp3) is 0.400. The minimum atomic E-state index is -0.581. The summed E-state index contributed by atoms with van der Waals surface area (Å²) in [4.78, 5) is 30.2. The van der Waals surface area contributed by atoms with Crippen molar-refractivity contribution in [1.82, 2.24) is 10.3 Å². The highest BCUT2D eigenvalue weighted by Crippen LogP contribution is 2.10. The molecule has 98 valence electrons. The molecule has 0 aliphatic carbocycles. The van der Waals surface area contributed by atoms with Crippen molar-refractivity contribution in [1.29, 1.82) is 0 Å². The van der Waals surface area contributed by atoms with Crippen molar-refractivity contribution < 1.29 is 9.59 Å². The molecular formula is C10H15N5O2S. The normalized spacial score (nSPS) is 11.6. The predicted molar refractivity (Wildman–Crippen MR) is 69.3 cm³/mol. The first-order valence-corrected chi connectivity index (χ1v) is 6.22. The maximum atomic E-state index is 12.0. The first-order valence-electron chi connectivity index (χ1n) is 5.34. The summed E-state index contributed by atoms with van der Waals surface area (Å²) in [6.45, 7) is 0.421. The lowest BCUT2D eigenvalue weighted by Gasteiger charge is -2.12. The minimum Gasteiger partial charge on any atom is -0.370 e. The molecule has 1 heterocycles. The van der Waals surface area contributed by atoms with Gasteiger partial charge in [-0.1, -0.05) is 0 Å². The Bertz CT molecular complexity index is 414. The fourth-order valence-electron chi connectivity index (χ4n) is 1.37. The van der Waals surface area contributed by atoms with E-state index in [9.17, 15) is 9.59 Å². The molecule has 8 heteroatoms. The van der Waals surface area contributed by atoms with Gasteiger partial charge in [-0.2, -0.15) is 0 Å². The minimum absolute atomic E-state index is 0.0150. The molecule has 0 bridgehead atoms. The molecule has 7 nitrogen and oxygen atoms in total. The first kappa shape index (κ1) is 14.1. The highest BCUT2D eigenvalue weighted by molar-refractivity contribution is 7.11. The van der Waals surface area contributed by atoms with Gasteiger partial charge in [0.1, 0.15) is 0 Å². The Morgan fingerprint density at radius 1 is 1.61 bits per heavy atom. The number of Topliss-reactive ketones (excluding diaryl/α,β-unsaturated/α-hetero) is 1. The highest BCUT2D eigenvalue weighted by Gasteiger charge is 2.20. The summed E-state index contributed by atoms with van der Waals surface area (Å²) in [7, 11) is 0. The molecule has 1 aromatic rings. The van der Waals surface area contributed by atoms with Crippen molar-refractivity contribution in [3.05, 3.63) is 16.6 Å². The molecule has 1 rings (SSSR count). The van der Waals surface area contributed by atoms with Gasteiger partial charge in [-0.15, -0.1) is 11.3 Å². The van der Waals surface area contributed by atoms with E-state index in [1.165, 1.54) is 11.3 Å². The highest BCUT2D eigenvalue weighted by atomic mass is 32.1. The van der Waals surface area contributed by atoms with E-state index in [0.717, 1.165) is 0 Å². The molecule has 0 saturated carbocycles. The third kappa shape index (κ3) is 4.50. The predicted octanol–water partition coefficient (Wildman–Crippen LogP) is -0.506. The van der Waals surface area contributed by atoms with Crippen LogP contribution in [-0.4, -0.2) is 35.7 Å². The maximum absolute atomic E-state index is 12.0. The lowest BCUT2D eigenvalue weighted by Crippen LogP contribution is -2.36. The number of nitrogens with zero attached hydrogens (tertiary/aromatic N) is 2. The molecule has 0 aliphatic rings. The van der Waals surface area contributed by atoms with Crippen molar-refractivity contribution in [2.24, 2.45) is 16.5 Å². The van der Waals surface area contributed by atoms with Crippen LogP contribution in [-0.2, 0) is 4.79 Å². The molecule has 0 radical (unpaired) electrons. The van der Waals surface area contributed by atoms with Crippen LogP contribution in [0, 0.1) is 0 Å². The number of ketones is 1. The Morgan fingerprint density at radius 2 is 2.39 bits per heavy atom. The number of nitrogens with two attached hydrogens (primary N) is 2. The van der Waals surface area contributed by atoms with Gasteiger partial charge in [0.05, 0.1) is 6.04 Å². The van der Waals surface area contributed by atoms with Crippen LogP contribution in [0.4, 0.5) is 0 Å². The van der Waals surface area contributed by atoms with Crippen LogP contribution < -0.4 is 16.8 Å². The van der Waals surface area contributed by atoms with Gasteiger partial charge in [-0.05, 0) is 12.8 Å². The summed E-state index contributed by atoms with van der Waals surface area (Å²) in [5.41, 5.74) is 10.4. The van der Waals surface area contributed by atoms with Crippen LogP contribution in [0.2, 0.25) is 0 Å². The van der Waals surface area contributed by atoms with Gasteiger partial charge < -0.3 is 16.8 Å². The summed E-state index contributed by atoms with van der Waals surface area (Å²) in [5, 5.41) is 4.58. The van der Waals surface area contributed by atoms with E-state index < -0.39 is 6.04 Å². The Kier molecular flexibility index (Phi) is 5.78. The third-order valence-electron chi connectivity index (χ3n) is 2.17. The van der Waals surface area contributed by atoms with Gasteiger partial charge >= 0.3 is 0 Å². The van der Waals surface area contributed by atoms with Crippen LogP contribution in [0.5, 0.6) is 0 Å². The zero-order valence-electron chi connectivity index (χ0n) is 9.70. The number of nitrogens with one attached hydrogen (secondary N) is 1. The van der Waals surface area contributed by atoms with Crippen LogP contribution in [0.15, 0.2) is 16.6 Å². The van der Waals surface area contributed by atoms with Gasteiger partial charge in [-0.3, -0.25) is 14.6 Å². The summed E-state index contributed by atoms with van der Waals surface area (Å²) in [5.74, 6) is -0.178. The Balaban J connectivity index is 2.52. The Labute approximate surface area is 108 Å². The zero-order chi connectivity index (χ0) is 13.4. The van der Waals surface area contributed by atoms with E-state index >= 15 is 0 Å². The molecule has 18 heavy (non-hydrogen) atoms. The van der Waals surface area contributed by atoms with E-state index in [-0.39, 0.29) is 11.7 Å². The second-order valence-electron chi connectivity index (χ2n) is 3.49. The monoisotopic (exact) mass is 269 g/mol. The maximum Gasteiger partial charge on any atom is 0.213 e. The van der Waals surface area contributed by atoms with E-state index in [1.807, 2.05) is 0 Å². The van der Waals surface area contributed by atoms with E-state index in [1.54, 1.807) is 11.6 Å². The lowest BCUT2D eigenvalue weighted by atomic mass is 10.1. The van der Waals surface area contributed by atoms with Crippen molar-refractivity contribution in [2.45, 2.75) is 18.9 Å². The van der Waals surface area contributed by atoms with E-state index in [0.29, 0.717) is 30.8 Å². The molecule has 0 aromatic carbocycles. The average molecular weight is 269 g/mol. The molecule has 1 aromatic heterocycles. The number of hydrogen-bond acceptors (Lipinski definition) is 5. The fourth-order valence-corrected chi connectivity index (χ4v) is 2.00. The number of thiazole rings is 1. The summed E-state index contributed by atoms with van der Waals surface area (Å²) < 4.78 is 0. The van der Waals surface area contributed by atoms with Gasteiger partial charge in [0.2, 0.25) is 12.2 Å². The number of carbonyl (C=O) groups is 2. The number of aliphatic imine (C=N–C) groups is 1. The largest absolute Gasteiger partial charge is 0.370 e. The molecule has 1 atom stereocenters. The molecular weight excluding hydrogens is 254 g/mol. The Morgan fingerprint density at radius 3 is 2.94 bits per heavy atom. The second kappa shape index (κ2) is 7.38. The number of hydrogen-bond donors (Lipinski definition) is 3. The van der Waals surface area contributed by atoms with E-state index in [4.69, 9.17) is 11.5 Å². The molecule has 0 spiro atoms. The smallest absolute Gasteiger partial charge is 0.213 e. The molecule has 5 N–H and O–H groups in total. The molecule has 0 fully saturated rings. The number of guanidine groups is 1. The zero-order valence-corrected chi connectivity index (χ0v) is 10.5. The van der Waals surface area contributed by atoms with Crippen LogP contribution >= 0.6 is 11.3 Å². The lowest BCUT2D eigenvalue weighted by molar-refractivity contribution is -0.110. The summed E-state index contributed by atoms with van der Waals surface area (Å²) >= 11 is 1.25. The molecule has 0 aliphatic heterocycles. The van der Waals surface area contributed by atoms with Gasteiger partial charge in [0.25, 0.3) is 0 Å². The van der Waals surface area contributed by atoms with Gasteiger partial charge in [-0.25, -0.2) is 4.98 Å². The number of rotatable bonds is 8. The average Bonchev–Trinajstić information content (AvgIpc) is 2.85. The topological polar surface area (TPSA) is 123 Å². The molecule has 1 amide bonds. The Hall–Kier alpha value is -1.96. The van der Waals surface area contributed by atoms with E-state index in [2.05, 4.69) is 15.3 Å².